The van der Waals surface area contributed by atoms with Crippen LogP contribution in [0.4, 0.5) is 11.4 Å². The van der Waals surface area contributed by atoms with Crippen LogP contribution in [0.5, 0.6) is 5.75 Å². The summed E-state index contributed by atoms with van der Waals surface area (Å²) in [5.74, 6) is 1.20. The van der Waals surface area contributed by atoms with Gasteiger partial charge in [-0.05, 0) is 48.5 Å². The fourth-order valence-electron chi connectivity index (χ4n) is 2.29. The standard InChI is InChI=1S/C19H20N4O3S/c1-23(2)15-8-6-14(7-9-15)20-17(24)12-27-19-22-21-18(26-19)13-4-10-16(25-3)11-5-13/h4-11H,12H2,1-3H3,(H,20,24). The van der Waals surface area contributed by atoms with Crippen LogP contribution in [0.2, 0.25) is 0 Å². The quantitative estimate of drug-likeness (QED) is 0.624. The second-order valence-corrected chi connectivity index (χ2v) is 6.81. The van der Waals surface area contributed by atoms with E-state index < -0.39 is 0 Å². The summed E-state index contributed by atoms with van der Waals surface area (Å²) >= 11 is 1.19. The van der Waals surface area contributed by atoms with Crippen molar-refractivity contribution in [3.63, 3.8) is 0 Å². The number of carbonyl (C=O) groups is 1. The highest BCUT2D eigenvalue weighted by atomic mass is 32.2. The second-order valence-electron chi connectivity index (χ2n) is 5.88. The minimum atomic E-state index is -0.137. The Balaban J connectivity index is 1.53. The van der Waals surface area contributed by atoms with Crippen molar-refractivity contribution in [3.05, 3.63) is 48.5 Å². The maximum atomic E-state index is 12.1. The van der Waals surface area contributed by atoms with Crippen LogP contribution < -0.4 is 15.0 Å². The molecule has 0 aliphatic heterocycles. The lowest BCUT2D eigenvalue weighted by atomic mass is 10.2. The van der Waals surface area contributed by atoms with E-state index in [4.69, 9.17) is 9.15 Å². The number of nitrogens with one attached hydrogen (secondary N) is 1. The first kappa shape index (κ1) is 18.8. The van der Waals surface area contributed by atoms with Crippen molar-refractivity contribution in [2.24, 2.45) is 0 Å². The summed E-state index contributed by atoms with van der Waals surface area (Å²) < 4.78 is 10.7. The third-order valence-corrected chi connectivity index (χ3v) is 4.56. The van der Waals surface area contributed by atoms with E-state index in [1.165, 1.54) is 11.8 Å². The zero-order chi connectivity index (χ0) is 19.2. The highest BCUT2D eigenvalue weighted by molar-refractivity contribution is 7.99. The lowest BCUT2D eigenvalue weighted by Crippen LogP contribution is -2.14. The average Bonchev–Trinajstić information content (AvgIpc) is 3.16. The SMILES string of the molecule is COc1ccc(-c2nnc(SCC(=O)Nc3ccc(N(C)C)cc3)o2)cc1. The number of methoxy groups -OCH3 is 1. The van der Waals surface area contributed by atoms with E-state index in [1.807, 2.05) is 67.5 Å². The number of carbonyl (C=O) groups excluding carboxylic acids is 1. The summed E-state index contributed by atoms with van der Waals surface area (Å²) in [6.07, 6.45) is 0. The molecule has 1 heterocycles. The number of ether oxygens (including phenoxy) is 1. The van der Waals surface area contributed by atoms with Gasteiger partial charge in [0.25, 0.3) is 5.22 Å². The van der Waals surface area contributed by atoms with Crippen molar-refractivity contribution in [1.82, 2.24) is 10.2 Å². The van der Waals surface area contributed by atoms with Crippen molar-refractivity contribution < 1.29 is 13.9 Å². The fourth-order valence-corrected chi connectivity index (χ4v) is 2.85. The summed E-state index contributed by atoms with van der Waals surface area (Å²) in [6.45, 7) is 0. The predicted octanol–water partition coefficient (Wildman–Crippen LogP) is 3.54. The van der Waals surface area contributed by atoms with E-state index in [0.717, 1.165) is 22.7 Å². The van der Waals surface area contributed by atoms with E-state index in [2.05, 4.69) is 15.5 Å². The van der Waals surface area contributed by atoms with Crippen molar-refractivity contribution in [3.8, 4) is 17.2 Å². The van der Waals surface area contributed by atoms with Gasteiger partial charge in [0, 0.05) is 31.0 Å². The lowest BCUT2D eigenvalue weighted by molar-refractivity contribution is -0.113. The average molecular weight is 384 g/mol. The molecule has 27 heavy (non-hydrogen) atoms. The topological polar surface area (TPSA) is 80.5 Å². The first-order valence-corrected chi connectivity index (χ1v) is 9.21. The van der Waals surface area contributed by atoms with Gasteiger partial charge in [-0.1, -0.05) is 11.8 Å². The second kappa shape index (κ2) is 8.59. The molecule has 8 heteroatoms. The summed E-state index contributed by atoms with van der Waals surface area (Å²) in [5, 5.41) is 11.2. The minimum Gasteiger partial charge on any atom is -0.497 e. The third-order valence-electron chi connectivity index (χ3n) is 3.74. The van der Waals surface area contributed by atoms with Gasteiger partial charge in [-0.15, -0.1) is 10.2 Å². The number of aromatic nitrogens is 2. The molecule has 7 nitrogen and oxygen atoms in total. The van der Waals surface area contributed by atoms with Gasteiger partial charge in [-0.2, -0.15) is 0 Å². The van der Waals surface area contributed by atoms with Crippen LogP contribution >= 0.6 is 11.8 Å². The number of hydrogen-bond donors (Lipinski definition) is 1. The molecule has 0 fully saturated rings. The van der Waals surface area contributed by atoms with Crippen LogP contribution in [0.15, 0.2) is 58.2 Å². The van der Waals surface area contributed by atoms with E-state index in [9.17, 15) is 4.79 Å². The Morgan fingerprint density at radius 3 is 2.44 bits per heavy atom. The molecule has 0 saturated carbocycles. The Labute approximate surface area is 161 Å². The van der Waals surface area contributed by atoms with Gasteiger partial charge in [0.2, 0.25) is 11.8 Å². The summed E-state index contributed by atoms with van der Waals surface area (Å²) in [4.78, 5) is 14.1. The van der Waals surface area contributed by atoms with Gasteiger partial charge in [-0.3, -0.25) is 4.79 Å². The highest BCUT2D eigenvalue weighted by Gasteiger charge is 2.11. The molecule has 3 aromatic rings. The molecule has 0 bridgehead atoms. The summed E-state index contributed by atoms with van der Waals surface area (Å²) in [7, 11) is 5.54. The highest BCUT2D eigenvalue weighted by Crippen LogP contribution is 2.25. The zero-order valence-corrected chi connectivity index (χ0v) is 16.1. The van der Waals surface area contributed by atoms with E-state index in [0.29, 0.717) is 11.1 Å². The fraction of sp³-hybridized carbons (Fsp3) is 0.211. The third kappa shape index (κ3) is 5.01. The maximum Gasteiger partial charge on any atom is 0.277 e. The monoisotopic (exact) mass is 384 g/mol. The molecule has 0 saturated heterocycles. The summed E-state index contributed by atoms with van der Waals surface area (Å²) in [6, 6.07) is 14.9. The Kier molecular flexibility index (Phi) is 5.97. The molecule has 140 valence electrons. The van der Waals surface area contributed by atoms with E-state index in [1.54, 1.807) is 7.11 Å². The molecule has 1 amide bonds. The molecule has 3 rings (SSSR count). The van der Waals surface area contributed by atoms with Crippen LogP contribution in [0.1, 0.15) is 0 Å². The van der Waals surface area contributed by atoms with E-state index in [-0.39, 0.29) is 11.7 Å². The first-order valence-electron chi connectivity index (χ1n) is 8.23. The van der Waals surface area contributed by atoms with Crippen molar-refractivity contribution >= 4 is 29.0 Å². The molecular weight excluding hydrogens is 364 g/mol. The van der Waals surface area contributed by atoms with Crippen LogP contribution in [-0.4, -0.2) is 43.1 Å². The van der Waals surface area contributed by atoms with Gasteiger partial charge in [0.15, 0.2) is 0 Å². The molecule has 0 atom stereocenters. The number of rotatable bonds is 7. The van der Waals surface area contributed by atoms with E-state index >= 15 is 0 Å². The lowest BCUT2D eigenvalue weighted by Gasteiger charge is -2.12. The Morgan fingerprint density at radius 1 is 1.11 bits per heavy atom. The van der Waals surface area contributed by atoms with Crippen LogP contribution in [0.25, 0.3) is 11.5 Å². The number of thioether (sulfide) groups is 1. The van der Waals surface area contributed by atoms with Crippen LogP contribution in [0, 0.1) is 0 Å². The molecule has 0 spiro atoms. The molecule has 0 unspecified atom stereocenters. The Bertz CT molecular complexity index is 892. The Morgan fingerprint density at radius 2 is 1.81 bits per heavy atom. The predicted molar refractivity (Wildman–Crippen MR) is 106 cm³/mol. The molecular formula is C19H20N4O3S. The number of anilines is 2. The smallest absolute Gasteiger partial charge is 0.277 e. The van der Waals surface area contributed by atoms with Gasteiger partial charge >= 0.3 is 0 Å². The zero-order valence-electron chi connectivity index (χ0n) is 15.3. The first-order chi connectivity index (χ1) is 13.0. The van der Waals surface area contributed by atoms with Gasteiger partial charge < -0.3 is 19.4 Å². The van der Waals surface area contributed by atoms with Crippen LogP contribution in [-0.2, 0) is 4.79 Å². The van der Waals surface area contributed by atoms with Gasteiger partial charge in [0.1, 0.15) is 5.75 Å². The van der Waals surface area contributed by atoms with Crippen molar-refractivity contribution in [2.45, 2.75) is 5.22 Å². The van der Waals surface area contributed by atoms with Crippen molar-refractivity contribution in [2.75, 3.05) is 37.2 Å². The molecule has 0 aliphatic rings. The normalized spacial score (nSPS) is 10.5. The molecule has 0 radical (unpaired) electrons. The van der Waals surface area contributed by atoms with Crippen LogP contribution in [0.3, 0.4) is 0 Å². The Hall–Kier alpha value is -3.00. The summed E-state index contributed by atoms with van der Waals surface area (Å²) in [5.41, 5.74) is 2.61. The molecule has 2 aromatic carbocycles. The largest absolute Gasteiger partial charge is 0.497 e. The molecule has 1 N–H and O–H groups in total. The molecule has 0 aliphatic carbocycles. The van der Waals surface area contributed by atoms with Gasteiger partial charge in [0.05, 0.1) is 12.9 Å². The number of hydrogen-bond acceptors (Lipinski definition) is 7. The number of nitrogens with zero attached hydrogens (tertiary/aromatic N) is 3. The maximum absolute atomic E-state index is 12.1. The molecule has 1 aromatic heterocycles. The number of benzene rings is 2. The van der Waals surface area contributed by atoms with Gasteiger partial charge in [-0.25, -0.2) is 0 Å². The van der Waals surface area contributed by atoms with Crippen molar-refractivity contribution in [1.29, 1.82) is 0 Å². The number of amides is 1. The minimum absolute atomic E-state index is 0.137.